The van der Waals surface area contributed by atoms with E-state index in [1.165, 1.54) is 43.7 Å². The topological polar surface area (TPSA) is 105 Å². The van der Waals surface area contributed by atoms with Crippen molar-refractivity contribution >= 4 is 22.5 Å². The molecule has 132 valence electrons. The number of aromatic nitrogens is 1. The third-order valence-corrected chi connectivity index (χ3v) is 4.77. The van der Waals surface area contributed by atoms with E-state index in [1.54, 1.807) is 0 Å². The van der Waals surface area contributed by atoms with Crippen LogP contribution in [-0.4, -0.2) is 21.9 Å². The van der Waals surface area contributed by atoms with Crippen molar-refractivity contribution in [3.8, 4) is 0 Å². The molecular weight excluding hydrogens is 322 g/mol. The second kappa shape index (κ2) is 7.46. The Morgan fingerprint density at radius 3 is 2.52 bits per heavy atom. The van der Waals surface area contributed by atoms with E-state index in [1.807, 2.05) is 0 Å². The van der Waals surface area contributed by atoms with Gasteiger partial charge in [0, 0.05) is 18.3 Å². The molecule has 7 heteroatoms. The Balaban J connectivity index is 1.88. The number of nitrogens with zero attached hydrogens (tertiary/aromatic N) is 1. The summed E-state index contributed by atoms with van der Waals surface area (Å²) < 4.78 is 0. The molecule has 1 amide bonds. The summed E-state index contributed by atoms with van der Waals surface area (Å²) >= 11 is 0. The van der Waals surface area contributed by atoms with Gasteiger partial charge in [-0.25, -0.2) is 0 Å². The van der Waals surface area contributed by atoms with Crippen LogP contribution >= 0.6 is 0 Å². The third kappa shape index (κ3) is 3.70. The van der Waals surface area contributed by atoms with Crippen molar-refractivity contribution in [3.63, 3.8) is 0 Å². The molecule has 2 aromatic rings. The first-order valence-corrected chi connectivity index (χ1v) is 8.67. The van der Waals surface area contributed by atoms with Crippen LogP contribution in [0.4, 0.5) is 5.69 Å². The van der Waals surface area contributed by atoms with Gasteiger partial charge in [0.05, 0.1) is 10.3 Å². The predicted octanol–water partition coefficient (Wildman–Crippen LogP) is 3.28. The van der Waals surface area contributed by atoms with Gasteiger partial charge in [-0.15, -0.1) is 0 Å². The molecule has 1 heterocycles. The summed E-state index contributed by atoms with van der Waals surface area (Å²) in [6.07, 6.45) is 8.85. The summed E-state index contributed by atoms with van der Waals surface area (Å²) in [6, 6.07) is 4.35. The lowest BCUT2D eigenvalue weighted by molar-refractivity contribution is -0.383. The summed E-state index contributed by atoms with van der Waals surface area (Å²) in [5.41, 5.74) is -0.530. The quantitative estimate of drug-likeness (QED) is 0.659. The van der Waals surface area contributed by atoms with E-state index >= 15 is 0 Å². The number of H-pyrrole nitrogens is 1. The number of rotatable bonds is 3. The number of fused-ring (bicyclic) bond motifs is 1. The van der Waals surface area contributed by atoms with Crippen LogP contribution in [0.15, 0.2) is 29.2 Å². The number of carbonyl (C=O) groups is 1. The lowest BCUT2D eigenvalue weighted by Crippen LogP contribution is -2.37. The summed E-state index contributed by atoms with van der Waals surface area (Å²) in [4.78, 5) is 38.4. The molecule has 1 aromatic heterocycles. The van der Waals surface area contributed by atoms with Crippen molar-refractivity contribution in [3.05, 3.63) is 50.3 Å². The molecule has 1 saturated carbocycles. The summed E-state index contributed by atoms with van der Waals surface area (Å²) in [6.45, 7) is 0. The summed E-state index contributed by atoms with van der Waals surface area (Å²) in [5, 5.41) is 14.2. The zero-order valence-corrected chi connectivity index (χ0v) is 13.9. The summed E-state index contributed by atoms with van der Waals surface area (Å²) in [5.74, 6) is -0.416. The van der Waals surface area contributed by atoms with Gasteiger partial charge in [0.25, 0.3) is 11.6 Å². The number of nitrogens with one attached hydrogen (secondary N) is 2. The molecule has 1 aliphatic rings. The molecular formula is C18H21N3O4. The van der Waals surface area contributed by atoms with Gasteiger partial charge in [-0.2, -0.15) is 0 Å². The van der Waals surface area contributed by atoms with Gasteiger partial charge < -0.3 is 10.3 Å². The maximum atomic E-state index is 12.6. The van der Waals surface area contributed by atoms with Crippen LogP contribution in [0.3, 0.4) is 0 Å². The molecule has 25 heavy (non-hydrogen) atoms. The Hall–Kier alpha value is -2.70. The van der Waals surface area contributed by atoms with E-state index in [0.29, 0.717) is 0 Å². The first kappa shape index (κ1) is 17.1. The second-order valence-corrected chi connectivity index (χ2v) is 6.50. The molecule has 0 aliphatic heterocycles. The van der Waals surface area contributed by atoms with Gasteiger partial charge in [-0.1, -0.05) is 38.2 Å². The largest absolute Gasteiger partial charge is 0.355 e. The molecule has 0 atom stereocenters. The van der Waals surface area contributed by atoms with Gasteiger partial charge in [0.15, 0.2) is 0 Å². The average molecular weight is 343 g/mol. The number of amides is 1. The number of benzene rings is 1. The number of hydrogen-bond donors (Lipinski definition) is 2. The number of nitro groups is 1. The standard InChI is InChI=1S/C18H21N3O4/c22-17-13-9-6-10-15(21(24)25)16(13)19-11-14(17)18(23)20-12-7-4-2-1-3-5-8-12/h6,9-12H,1-5,7-8H2,(H,19,22)(H,20,23). The number of hydrogen-bond acceptors (Lipinski definition) is 4. The number of pyridine rings is 1. The molecule has 1 fully saturated rings. The van der Waals surface area contributed by atoms with Crippen molar-refractivity contribution in [1.82, 2.24) is 10.3 Å². The lowest BCUT2D eigenvalue weighted by atomic mass is 9.96. The molecule has 1 aliphatic carbocycles. The fourth-order valence-electron chi connectivity index (χ4n) is 3.42. The lowest BCUT2D eigenvalue weighted by Gasteiger charge is -2.20. The predicted molar refractivity (Wildman–Crippen MR) is 94.8 cm³/mol. The number of carbonyl (C=O) groups excluding carboxylic acids is 1. The molecule has 1 aromatic carbocycles. The Morgan fingerprint density at radius 2 is 1.84 bits per heavy atom. The molecule has 0 bridgehead atoms. The Labute approximate surface area is 144 Å². The molecule has 0 spiro atoms. The van der Waals surface area contributed by atoms with E-state index in [4.69, 9.17) is 0 Å². The van der Waals surface area contributed by atoms with Crippen LogP contribution < -0.4 is 10.7 Å². The zero-order valence-electron chi connectivity index (χ0n) is 13.9. The monoisotopic (exact) mass is 343 g/mol. The average Bonchev–Trinajstić information content (AvgIpc) is 2.57. The van der Waals surface area contributed by atoms with Gasteiger partial charge in [-0.3, -0.25) is 19.7 Å². The maximum absolute atomic E-state index is 12.6. The van der Waals surface area contributed by atoms with Gasteiger partial charge in [0.2, 0.25) is 5.43 Å². The van der Waals surface area contributed by atoms with Crippen molar-refractivity contribution < 1.29 is 9.72 Å². The van der Waals surface area contributed by atoms with E-state index in [0.717, 1.165) is 25.7 Å². The normalized spacial score (nSPS) is 16.2. The number of aromatic amines is 1. The molecule has 0 radical (unpaired) electrons. The fraction of sp³-hybridized carbons (Fsp3) is 0.444. The van der Waals surface area contributed by atoms with E-state index in [-0.39, 0.29) is 28.2 Å². The summed E-state index contributed by atoms with van der Waals surface area (Å²) in [7, 11) is 0. The smallest absolute Gasteiger partial charge is 0.293 e. The zero-order chi connectivity index (χ0) is 17.8. The SMILES string of the molecule is O=C(NC1CCCCCCC1)c1c[nH]c2c([N+](=O)[O-])cccc2c1=O. The fourth-order valence-corrected chi connectivity index (χ4v) is 3.42. The van der Waals surface area contributed by atoms with Crippen LogP contribution in [0.1, 0.15) is 55.3 Å². The molecule has 3 rings (SSSR count). The molecule has 2 N–H and O–H groups in total. The highest BCUT2D eigenvalue weighted by Crippen LogP contribution is 2.21. The van der Waals surface area contributed by atoms with E-state index in [2.05, 4.69) is 10.3 Å². The van der Waals surface area contributed by atoms with E-state index < -0.39 is 16.3 Å². The van der Waals surface area contributed by atoms with Crippen molar-refractivity contribution in [2.75, 3.05) is 0 Å². The van der Waals surface area contributed by atoms with Crippen LogP contribution in [0, 0.1) is 10.1 Å². The van der Waals surface area contributed by atoms with Gasteiger partial charge in [0.1, 0.15) is 11.1 Å². The second-order valence-electron chi connectivity index (χ2n) is 6.50. The Morgan fingerprint density at radius 1 is 1.16 bits per heavy atom. The minimum absolute atomic E-state index is 0.00458. The van der Waals surface area contributed by atoms with Crippen LogP contribution in [0.2, 0.25) is 0 Å². The van der Waals surface area contributed by atoms with E-state index in [9.17, 15) is 19.7 Å². The number of non-ortho nitro benzene ring substituents is 1. The van der Waals surface area contributed by atoms with Crippen molar-refractivity contribution in [2.24, 2.45) is 0 Å². The van der Waals surface area contributed by atoms with Gasteiger partial charge in [-0.05, 0) is 18.9 Å². The Kier molecular flexibility index (Phi) is 5.11. The first-order chi connectivity index (χ1) is 12.1. The van der Waals surface area contributed by atoms with Gasteiger partial charge >= 0.3 is 0 Å². The number of nitro benzene ring substituents is 1. The maximum Gasteiger partial charge on any atom is 0.293 e. The highest BCUT2D eigenvalue weighted by atomic mass is 16.6. The highest BCUT2D eigenvalue weighted by Gasteiger charge is 2.20. The Bertz CT molecular complexity index is 851. The highest BCUT2D eigenvalue weighted by molar-refractivity contribution is 5.98. The van der Waals surface area contributed by atoms with Crippen LogP contribution in [0.25, 0.3) is 10.9 Å². The minimum atomic E-state index is -0.549. The molecule has 7 nitrogen and oxygen atoms in total. The van der Waals surface area contributed by atoms with Crippen molar-refractivity contribution in [1.29, 1.82) is 0 Å². The van der Waals surface area contributed by atoms with Crippen molar-refractivity contribution in [2.45, 2.75) is 51.0 Å². The van der Waals surface area contributed by atoms with Crippen LogP contribution in [0.5, 0.6) is 0 Å². The minimum Gasteiger partial charge on any atom is -0.355 e. The third-order valence-electron chi connectivity index (χ3n) is 4.77. The molecule has 0 saturated heterocycles. The molecule has 0 unspecified atom stereocenters. The first-order valence-electron chi connectivity index (χ1n) is 8.67. The number of para-hydroxylation sites is 1. The van der Waals surface area contributed by atoms with Crippen LogP contribution in [-0.2, 0) is 0 Å².